The fourth-order valence-electron chi connectivity index (χ4n) is 1.75. The molecule has 0 aliphatic carbocycles. The topological polar surface area (TPSA) is 64.3 Å². The van der Waals surface area contributed by atoms with Crippen LogP contribution in [0, 0.1) is 9.39 Å². The van der Waals surface area contributed by atoms with Crippen LogP contribution in [0.15, 0.2) is 30.3 Å². The van der Waals surface area contributed by atoms with Gasteiger partial charge in [0.25, 0.3) is 0 Å². The number of rotatable bonds is 3. The van der Waals surface area contributed by atoms with Crippen LogP contribution in [0.2, 0.25) is 5.02 Å². The molecule has 2 aromatic rings. The maximum Gasteiger partial charge on any atom is 0.340 e. The van der Waals surface area contributed by atoms with Gasteiger partial charge in [-0.05, 0) is 52.9 Å². The lowest BCUT2D eigenvalue weighted by atomic mass is 10.1. The number of nitrogens with two attached hydrogens (primary N) is 1. The fourth-order valence-corrected chi connectivity index (χ4v) is 2.64. The van der Waals surface area contributed by atoms with E-state index >= 15 is 0 Å². The lowest BCUT2D eigenvalue weighted by Gasteiger charge is -2.14. The monoisotopic (exact) mass is 420 g/mol. The minimum atomic E-state index is -0.566. The Hall–Kier alpha value is -1.54. The van der Waals surface area contributed by atoms with Crippen LogP contribution in [0.5, 0.6) is 0 Å². The number of nitrogen functional groups attached to an aromatic ring is 1. The van der Waals surface area contributed by atoms with Gasteiger partial charge in [-0.2, -0.15) is 0 Å². The van der Waals surface area contributed by atoms with Gasteiger partial charge in [0.1, 0.15) is 5.82 Å². The van der Waals surface area contributed by atoms with Crippen molar-refractivity contribution in [3.63, 3.8) is 0 Å². The zero-order valence-corrected chi connectivity index (χ0v) is 13.8. The number of halogens is 3. The van der Waals surface area contributed by atoms with Crippen molar-refractivity contribution in [1.29, 1.82) is 0 Å². The van der Waals surface area contributed by atoms with Gasteiger partial charge in [0, 0.05) is 9.26 Å². The third-order valence-electron chi connectivity index (χ3n) is 2.71. The van der Waals surface area contributed by atoms with E-state index in [1.54, 1.807) is 6.07 Å². The molecule has 0 heterocycles. The summed E-state index contributed by atoms with van der Waals surface area (Å²) in [5, 5.41) is 3.29. The number of carbonyl (C=O) groups excluding carboxylic acids is 1. The molecule has 0 spiro atoms. The molecule has 4 nitrogen and oxygen atoms in total. The third kappa shape index (κ3) is 3.56. The molecule has 7 heteroatoms. The molecule has 0 unspecified atom stereocenters. The van der Waals surface area contributed by atoms with E-state index in [4.69, 9.17) is 22.1 Å². The van der Waals surface area contributed by atoms with Gasteiger partial charge in [-0.3, -0.25) is 0 Å². The molecule has 0 saturated carbocycles. The summed E-state index contributed by atoms with van der Waals surface area (Å²) >= 11 is 8.13. The summed E-state index contributed by atoms with van der Waals surface area (Å²) in [6.45, 7) is 0. The Morgan fingerprint density at radius 3 is 2.71 bits per heavy atom. The highest BCUT2D eigenvalue weighted by Gasteiger charge is 2.17. The molecular formula is C14H11ClFIN2O2. The molecule has 21 heavy (non-hydrogen) atoms. The molecule has 110 valence electrons. The van der Waals surface area contributed by atoms with Gasteiger partial charge < -0.3 is 15.8 Å². The van der Waals surface area contributed by atoms with Gasteiger partial charge in [-0.1, -0.05) is 11.6 Å². The second-order valence-corrected chi connectivity index (χ2v) is 5.74. The normalized spacial score (nSPS) is 10.3. The van der Waals surface area contributed by atoms with Crippen LogP contribution in [-0.2, 0) is 4.74 Å². The van der Waals surface area contributed by atoms with Crippen molar-refractivity contribution >= 4 is 57.2 Å². The number of esters is 1. The predicted molar refractivity (Wildman–Crippen MR) is 89.6 cm³/mol. The maximum absolute atomic E-state index is 13.1. The largest absolute Gasteiger partial charge is 0.465 e. The summed E-state index contributed by atoms with van der Waals surface area (Å²) in [6.07, 6.45) is 0. The molecule has 2 aromatic carbocycles. The first-order chi connectivity index (χ1) is 9.92. The van der Waals surface area contributed by atoms with Crippen LogP contribution >= 0.6 is 34.2 Å². The van der Waals surface area contributed by atoms with Crippen molar-refractivity contribution in [2.24, 2.45) is 0 Å². The number of anilines is 3. The first-order valence-electron chi connectivity index (χ1n) is 5.81. The number of nitrogens with one attached hydrogen (secondary N) is 1. The van der Waals surface area contributed by atoms with Crippen LogP contribution < -0.4 is 11.1 Å². The Morgan fingerprint density at radius 2 is 2.10 bits per heavy atom. The molecular weight excluding hydrogens is 410 g/mol. The molecule has 2 rings (SSSR count). The van der Waals surface area contributed by atoms with Crippen molar-refractivity contribution in [3.8, 4) is 0 Å². The highest BCUT2D eigenvalue weighted by atomic mass is 127. The lowest BCUT2D eigenvalue weighted by Crippen LogP contribution is -2.08. The standard InChI is InChI=1S/C14H11ClFIN2O2/c1-21-14(20)9-5-8(18)6-10(15)13(9)19-12-3-2-7(16)4-11(12)17/h2-6,19H,18H2,1H3. The molecule has 0 saturated heterocycles. The van der Waals surface area contributed by atoms with Crippen LogP contribution in [0.4, 0.5) is 21.5 Å². The summed E-state index contributed by atoms with van der Waals surface area (Å²) in [5.41, 5.74) is 7.23. The summed E-state index contributed by atoms with van der Waals surface area (Å²) in [6, 6.07) is 7.23. The summed E-state index contributed by atoms with van der Waals surface area (Å²) in [7, 11) is 1.27. The number of ether oxygens (including phenoxy) is 1. The third-order valence-corrected chi connectivity index (χ3v) is 3.90. The van der Waals surface area contributed by atoms with Crippen molar-refractivity contribution in [2.45, 2.75) is 0 Å². The molecule has 0 radical (unpaired) electrons. The van der Waals surface area contributed by atoms with Gasteiger partial charge in [0.15, 0.2) is 0 Å². The van der Waals surface area contributed by atoms with Gasteiger partial charge in [0.2, 0.25) is 0 Å². The van der Waals surface area contributed by atoms with E-state index in [0.29, 0.717) is 20.6 Å². The van der Waals surface area contributed by atoms with Gasteiger partial charge in [-0.15, -0.1) is 0 Å². The van der Waals surface area contributed by atoms with Gasteiger partial charge >= 0.3 is 5.97 Å². The van der Waals surface area contributed by atoms with Gasteiger partial charge in [0.05, 0.1) is 29.1 Å². The van der Waals surface area contributed by atoms with E-state index in [1.165, 1.54) is 31.4 Å². The van der Waals surface area contributed by atoms with Crippen LogP contribution in [0.1, 0.15) is 10.4 Å². The molecule has 3 N–H and O–H groups in total. The zero-order valence-electron chi connectivity index (χ0n) is 10.9. The average molecular weight is 421 g/mol. The Morgan fingerprint density at radius 1 is 1.38 bits per heavy atom. The second kappa shape index (κ2) is 6.48. The second-order valence-electron chi connectivity index (χ2n) is 4.17. The van der Waals surface area contributed by atoms with Crippen molar-refractivity contribution in [1.82, 2.24) is 0 Å². The first kappa shape index (κ1) is 15.8. The van der Waals surface area contributed by atoms with E-state index in [0.717, 1.165) is 0 Å². The highest BCUT2D eigenvalue weighted by Crippen LogP contribution is 2.33. The predicted octanol–water partition coefficient (Wildman–Crippen LogP) is 4.20. The highest BCUT2D eigenvalue weighted by molar-refractivity contribution is 14.1. The van der Waals surface area contributed by atoms with Crippen LogP contribution in [0.3, 0.4) is 0 Å². The zero-order chi connectivity index (χ0) is 15.6. The molecule has 0 fully saturated rings. The molecule has 0 amide bonds. The Balaban J connectivity index is 2.50. The van der Waals surface area contributed by atoms with E-state index < -0.39 is 5.97 Å². The molecule has 0 aromatic heterocycles. The fraction of sp³-hybridized carbons (Fsp3) is 0.0714. The first-order valence-corrected chi connectivity index (χ1v) is 7.27. The smallest absolute Gasteiger partial charge is 0.340 e. The molecule has 0 aliphatic heterocycles. The maximum atomic E-state index is 13.1. The van der Waals surface area contributed by atoms with Crippen LogP contribution in [-0.4, -0.2) is 13.1 Å². The number of hydrogen-bond donors (Lipinski definition) is 2. The molecule has 0 aliphatic rings. The minimum Gasteiger partial charge on any atom is -0.465 e. The van der Waals surface area contributed by atoms with E-state index in [2.05, 4.69) is 5.32 Å². The minimum absolute atomic E-state index is 0.211. The molecule has 0 bridgehead atoms. The number of carbonyl (C=O) groups is 1. The Kier molecular flexibility index (Phi) is 4.89. The Labute approximate surface area is 139 Å². The Bertz CT molecular complexity index is 710. The lowest BCUT2D eigenvalue weighted by molar-refractivity contribution is 0.0602. The molecule has 0 atom stereocenters. The van der Waals surface area contributed by atoms with Crippen LogP contribution in [0.25, 0.3) is 0 Å². The quantitative estimate of drug-likeness (QED) is 0.444. The SMILES string of the molecule is COC(=O)c1cc(N)cc(Cl)c1Nc1ccc(F)cc1I. The van der Waals surface area contributed by atoms with E-state index in [9.17, 15) is 9.18 Å². The van der Waals surface area contributed by atoms with Crippen molar-refractivity contribution < 1.29 is 13.9 Å². The number of benzene rings is 2. The summed E-state index contributed by atoms with van der Waals surface area (Å²) in [4.78, 5) is 11.8. The average Bonchev–Trinajstić information content (AvgIpc) is 2.42. The summed E-state index contributed by atoms with van der Waals surface area (Å²) in [5.74, 6) is -0.912. The summed E-state index contributed by atoms with van der Waals surface area (Å²) < 4.78 is 18.5. The van der Waals surface area contributed by atoms with E-state index in [-0.39, 0.29) is 16.4 Å². The number of hydrogen-bond acceptors (Lipinski definition) is 4. The van der Waals surface area contributed by atoms with Gasteiger partial charge in [-0.25, -0.2) is 9.18 Å². The van der Waals surface area contributed by atoms with Crippen molar-refractivity contribution in [3.05, 3.63) is 50.3 Å². The van der Waals surface area contributed by atoms with Crippen molar-refractivity contribution in [2.75, 3.05) is 18.2 Å². The van der Waals surface area contributed by atoms with E-state index in [1.807, 2.05) is 22.6 Å². The number of methoxy groups -OCH3 is 1.